The van der Waals surface area contributed by atoms with Crippen LogP contribution in [0.15, 0.2) is 122 Å². The Labute approximate surface area is 273 Å². The molecule has 1 amide bonds. The van der Waals surface area contributed by atoms with Gasteiger partial charge < -0.3 is 4.84 Å². The van der Waals surface area contributed by atoms with Crippen LogP contribution >= 0.6 is 18.6 Å². The molecule has 1 aromatic heterocycles. The lowest BCUT2D eigenvalue weighted by Gasteiger charge is -2.38. The van der Waals surface area contributed by atoms with E-state index in [1.807, 2.05) is 91.0 Å². The van der Waals surface area contributed by atoms with Gasteiger partial charge in [0.15, 0.2) is 0 Å². The molecule has 12 nitrogen and oxygen atoms in total. The third kappa shape index (κ3) is 6.62. The van der Waals surface area contributed by atoms with Crippen molar-refractivity contribution in [3.63, 3.8) is 0 Å². The van der Waals surface area contributed by atoms with Gasteiger partial charge in [-0.2, -0.15) is 5.06 Å². The first-order chi connectivity index (χ1) is 22.9. The van der Waals surface area contributed by atoms with Crippen LogP contribution in [0.1, 0.15) is 12.0 Å². The molecule has 1 saturated heterocycles. The summed E-state index contributed by atoms with van der Waals surface area (Å²) in [6.07, 6.45) is 1.39. The molecule has 236 valence electrons. The van der Waals surface area contributed by atoms with Gasteiger partial charge in [0.1, 0.15) is 18.2 Å². The van der Waals surface area contributed by atoms with Crippen molar-refractivity contribution in [2.24, 2.45) is 0 Å². The van der Waals surface area contributed by atoms with Crippen LogP contribution in [0.4, 0.5) is 5.69 Å². The molecule has 5 aromatic rings. The molecule has 1 atom stereocenters. The molecular weight excluding hydrogens is 639 g/mol. The molecule has 0 aliphatic carbocycles. The van der Waals surface area contributed by atoms with E-state index >= 15 is 0 Å². The molecule has 0 radical (unpaired) electrons. The van der Waals surface area contributed by atoms with Crippen molar-refractivity contribution < 1.29 is 24.1 Å². The van der Waals surface area contributed by atoms with Gasteiger partial charge in [-0.25, -0.2) is 9.48 Å². The lowest BCUT2D eigenvalue weighted by molar-refractivity contribution is -0.384. The Morgan fingerprint density at radius 2 is 1.43 bits per heavy atom. The number of non-ortho nitro benzene ring substituents is 1. The molecule has 1 fully saturated rings. The number of tetrazole rings is 1. The third-order valence-corrected chi connectivity index (χ3v) is 13.0. The van der Waals surface area contributed by atoms with Gasteiger partial charge >= 0.3 is 5.97 Å². The molecule has 6 rings (SSSR count). The monoisotopic (exact) mass is 666 g/mol. The minimum Gasteiger partial charge on any atom is -0.332 e. The second-order valence-corrected chi connectivity index (χ2v) is 15.1. The van der Waals surface area contributed by atoms with Crippen LogP contribution in [-0.2, 0) is 32.2 Å². The third-order valence-electron chi connectivity index (χ3n) is 7.58. The van der Waals surface area contributed by atoms with Crippen molar-refractivity contribution in [2.45, 2.75) is 24.8 Å². The summed E-state index contributed by atoms with van der Waals surface area (Å²) >= 11 is 0.864. The van der Waals surface area contributed by atoms with Crippen molar-refractivity contribution in [1.82, 2.24) is 25.3 Å². The summed E-state index contributed by atoms with van der Waals surface area (Å²) in [7, 11) is 0. The Hall–Kier alpha value is -5.39. The van der Waals surface area contributed by atoms with E-state index in [-0.39, 0.29) is 30.2 Å². The van der Waals surface area contributed by atoms with Crippen molar-refractivity contribution >= 4 is 62.5 Å². The fourth-order valence-electron chi connectivity index (χ4n) is 5.41. The number of nitrogens with zero attached hydrogens (tertiary/aromatic N) is 6. The number of aromatic nitrogens is 4. The molecule has 4 aromatic carbocycles. The summed E-state index contributed by atoms with van der Waals surface area (Å²) in [6, 6.07) is 35.0. The molecule has 1 aliphatic rings. The maximum atomic E-state index is 14.7. The summed E-state index contributed by atoms with van der Waals surface area (Å²) in [5.41, 5.74) is 0.567. The quantitative estimate of drug-likeness (QED) is 0.0890. The largest absolute Gasteiger partial charge is 0.360 e. The number of thioether (sulfide) groups is 1. The van der Waals surface area contributed by atoms with E-state index in [9.17, 15) is 24.5 Å². The van der Waals surface area contributed by atoms with E-state index in [1.54, 1.807) is 12.1 Å². The first-order valence-electron chi connectivity index (χ1n) is 14.5. The number of nitro benzene ring substituents is 1. The molecule has 2 heterocycles. The predicted molar refractivity (Wildman–Crippen MR) is 179 cm³/mol. The number of hydroxylamine groups is 2. The zero-order valence-electron chi connectivity index (χ0n) is 24.7. The van der Waals surface area contributed by atoms with E-state index in [2.05, 4.69) is 15.5 Å². The van der Waals surface area contributed by atoms with Gasteiger partial charge in [-0.15, -0.1) is 5.10 Å². The van der Waals surface area contributed by atoms with E-state index in [0.29, 0.717) is 10.9 Å². The summed E-state index contributed by atoms with van der Waals surface area (Å²) in [5, 5.41) is 25.1. The van der Waals surface area contributed by atoms with E-state index in [0.717, 1.165) is 32.7 Å². The normalized spacial score (nSPS) is 14.3. The van der Waals surface area contributed by atoms with Crippen LogP contribution in [0.25, 0.3) is 0 Å². The number of amides is 1. The van der Waals surface area contributed by atoms with Crippen LogP contribution in [0.3, 0.4) is 0 Å². The molecule has 0 spiro atoms. The van der Waals surface area contributed by atoms with Crippen molar-refractivity contribution in [3.8, 4) is 0 Å². The molecule has 0 saturated carbocycles. The number of hydrogen-bond donors (Lipinski definition) is 0. The van der Waals surface area contributed by atoms with Crippen LogP contribution in [0.5, 0.6) is 0 Å². The maximum absolute atomic E-state index is 14.7. The standard InChI is InChI=1S/C33H27N6O6PS/c40-30-21-31(47-32(41)22-37-23-34-35-36-37)38(30)45-33(42)29(20-24-16-18-25(19-17-24)39(43)44)46(26-10-4-1-5-11-26,27-12-6-2-7-13-27)28-14-8-3-9-15-28/h1-19,23,31H,20-22H2. The average Bonchev–Trinajstić information content (AvgIpc) is 3.61. The molecule has 0 N–H and O–H groups in total. The Bertz CT molecular complexity index is 1860. The van der Waals surface area contributed by atoms with Crippen molar-refractivity contribution in [3.05, 3.63) is 137 Å². The Morgan fingerprint density at radius 1 is 0.872 bits per heavy atom. The number of nitro groups is 1. The van der Waals surface area contributed by atoms with E-state index in [1.165, 1.54) is 23.1 Å². The second kappa shape index (κ2) is 13.9. The number of carbonyl (C=O) groups excluding carboxylic acids is 3. The van der Waals surface area contributed by atoms with Gasteiger partial charge in [0, 0.05) is 18.6 Å². The average molecular weight is 667 g/mol. The molecular formula is C33H27N6O6PS. The zero-order valence-corrected chi connectivity index (χ0v) is 26.4. The topological polar surface area (TPSA) is 150 Å². The summed E-state index contributed by atoms with van der Waals surface area (Å²) in [4.78, 5) is 57.1. The number of rotatable bonds is 11. The lowest BCUT2D eigenvalue weighted by atomic mass is 10.1. The van der Waals surface area contributed by atoms with Gasteiger partial charge in [-0.05, 0) is 38.8 Å². The van der Waals surface area contributed by atoms with Gasteiger partial charge in [0.2, 0.25) is 5.12 Å². The Morgan fingerprint density at radius 3 is 1.89 bits per heavy atom. The summed E-state index contributed by atoms with van der Waals surface area (Å²) < 4.78 is 1.26. The highest BCUT2D eigenvalue weighted by molar-refractivity contribution is 8.14. The minimum absolute atomic E-state index is 0.00726. The van der Waals surface area contributed by atoms with E-state index in [4.69, 9.17) is 4.84 Å². The van der Waals surface area contributed by atoms with E-state index < -0.39 is 29.1 Å². The Kier molecular flexibility index (Phi) is 9.37. The fraction of sp³-hybridized carbons (Fsp3) is 0.121. The van der Waals surface area contributed by atoms with Crippen molar-refractivity contribution in [1.29, 1.82) is 0 Å². The van der Waals surface area contributed by atoms with Crippen LogP contribution < -0.4 is 15.9 Å². The number of β-lactam (4-membered cyclic amide) rings is 1. The lowest BCUT2D eigenvalue weighted by Crippen LogP contribution is -2.53. The van der Waals surface area contributed by atoms with Crippen molar-refractivity contribution in [2.75, 3.05) is 0 Å². The summed E-state index contributed by atoms with van der Waals surface area (Å²) in [6.45, 7) is -3.11. The second-order valence-electron chi connectivity index (χ2n) is 10.5. The predicted octanol–water partition coefficient (Wildman–Crippen LogP) is 3.27. The van der Waals surface area contributed by atoms with Gasteiger partial charge in [-0.3, -0.25) is 19.7 Å². The number of carbonyl (C=O) groups is 3. The highest BCUT2D eigenvalue weighted by atomic mass is 32.2. The van der Waals surface area contributed by atoms with Gasteiger partial charge in [0.25, 0.3) is 11.6 Å². The van der Waals surface area contributed by atoms with Gasteiger partial charge in [-0.1, -0.05) is 115 Å². The smallest absolute Gasteiger partial charge is 0.332 e. The molecule has 47 heavy (non-hydrogen) atoms. The summed E-state index contributed by atoms with van der Waals surface area (Å²) in [5.74, 6) is -1.18. The Balaban J connectivity index is 1.50. The first kappa shape index (κ1) is 31.6. The number of hydrogen-bond acceptors (Lipinski definition) is 10. The molecule has 14 heteroatoms. The first-order valence-corrected chi connectivity index (χ1v) is 17.1. The molecule has 1 aliphatic heterocycles. The maximum Gasteiger partial charge on any atom is 0.360 e. The minimum atomic E-state index is -2.99. The molecule has 0 bridgehead atoms. The van der Waals surface area contributed by atoms with Crippen LogP contribution in [0.2, 0.25) is 0 Å². The molecule has 1 unspecified atom stereocenters. The number of benzene rings is 4. The zero-order chi connectivity index (χ0) is 32.8. The van der Waals surface area contributed by atoms with Crippen LogP contribution in [0, 0.1) is 10.1 Å². The van der Waals surface area contributed by atoms with Crippen LogP contribution in [-0.4, -0.2) is 57.9 Å². The SMILES string of the molecule is O=C(Cn1cnnn1)SC1CC(=O)N1OC(=O)C(Cc1ccc([N+](=O)[O-])cc1)=P(c1ccccc1)(c1ccccc1)c1ccccc1. The highest BCUT2D eigenvalue weighted by Gasteiger charge is 2.43. The highest BCUT2D eigenvalue weighted by Crippen LogP contribution is 2.47. The fourth-order valence-corrected chi connectivity index (χ4v) is 10.8. The van der Waals surface area contributed by atoms with Gasteiger partial charge in [0.05, 0.1) is 16.6 Å².